The van der Waals surface area contributed by atoms with Crippen LogP contribution in [0.5, 0.6) is 0 Å². The predicted molar refractivity (Wildman–Crippen MR) is 121 cm³/mol. The summed E-state index contributed by atoms with van der Waals surface area (Å²) in [5.74, 6) is 0.191. The molecule has 2 aromatic heterocycles. The van der Waals surface area contributed by atoms with Crippen molar-refractivity contribution in [3.63, 3.8) is 0 Å². The number of hydrogen-bond acceptors (Lipinski definition) is 5. The van der Waals surface area contributed by atoms with E-state index in [4.69, 9.17) is 4.74 Å². The number of para-hydroxylation sites is 2. The lowest BCUT2D eigenvalue weighted by atomic mass is 10.1. The van der Waals surface area contributed by atoms with E-state index in [0.29, 0.717) is 28.2 Å². The third kappa shape index (κ3) is 3.66. The Morgan fingerprint density at radius 1 is 1.17 bits per heavy atom. The molecular formula is C23H23N3O3S. The number of ketones is 1. The number of carbonyl (C=O) groups is 1. The molecule has 0 fully saturated rings. The van der Waals surface area contributed by atoms with Gasteiger partial charge in [0.25, 0.3) is 5.56 Å². The van der Waals surface area contributed by atoms with Gasteiger partial charge in [-0.05, 0) is 32.0 Å². The SMILES string of the molecule is COCC(C)n1c(SCC(=O)c2c(C)[nH]c3ccccc23)nc2ccccc2c1=O. The number of H-pyrrole nitrogens is 1. The highest BCUT2D eigenvalue weighted by atomic mass is 32.2. The summed E-state index contributed by atoms with van der Waals surface area (Å²) in [6.45, 7) is 4.20. The smallest absolute Gasteiger partial charge is 0.262 e. The van der Waals surface area contributed by atoms with Gasteiger partial charge in [0.2, 0.25) is 0 Å². The Hall–Kier alpha value is -2.90. The molecule has 2 heterocycles. The zero-order valence-electron chi connectivity index (χ0n) is 17.1. The molecule has 0 aliphatic rings. The normalized spacial score (nSPS) is 12.5. The van der Waals surface area contributed by atoms with E-state index in [2.05, 4.69) is 9.97 Å². The van der Waals surface area contributed by atoms with Gasteiger partial charge in [0.1, 0.15) is 0 Å². The number of nitrogens with zero attached hydrogens (tertiary/aromatic N) is 2. The van der Waals surface area contributed by atoms with Crippen LogP contribution in [0, 0.1) is 6.92 Å². The predicted octanol–water partition coefficient (Wildman–Crippen LogP) is 4.37. The number of methoxy groups -OCH3 is 1. The van der Waals surface area contributed by atoms with Crippen LogP contribution >= 0.6 is 11.8 Å². The largest absolute Gasteiger partial charge is 0.383 e. The number of aromatic nitrogens is 3. The van der Waals surface area contributed by atoms with Crippen molar-refractivity contribution in [2.45, 2.75) is 25.0 Å². The second-order valence-electron chi connectivity index (χ2n) is 7.27. The fraction of sp³-hybridized carbons (Fsp3) is 0.261. The number of nitrogens with one attached hydrogen (secondary N) is 1. The maximum Gasteiger partial charge on any atom is 0.262 e. The van der Waals surface area contributed by atoms with Crippen molar-refractivity contribution in [1.29, 1.82) is 0 Å². The maximum absolute atomic E-state index is 13.1. The van der Waals surface area contributed by atoms with Crippen LogP contribution in [0.15, 0.2) is 58.5 Å². The zero-order chi connectivity index (χ0) is 21.3. The minimum atomic E-state index is -0.202. The van der Waals surface area contributed by atoms with Gasteiger partial charge in [0.15, 0.2) is 10.9 Å². The van der Waals surface area contributed by atoms with Gasteiger partial charge >= 0.3 is 0 Å². The number of Topliss-reactive ketones (excluding diaryl/α,β-unsaturated/α-hetero) is 1. The lowest BCUT2D eigenvalue weighted by Gasteiger charge is -2.18. The summed E-state index contributed by atoms with van der Waals surface area (Å²) in [6.07, 6.45) is 0. The minimum absolute atomic E-state index is 0.00306. The molecule has 1 unspecified atom stereocenters. The van der Waals surface area contributed by atoms with Gasteiger partial charge in [-0.2, -0.15) is 0 Å². The Bertz CT molecular complexity index is 1290. The molecule has 0 aliphatic carbocycles. The number of fused-ring (bicyclic) bond motifs is 2. The molecule has 0 bridgehead atoms. The van der Waals surface area contributed by atoms with Crippen molar-refractivity contribution in [2.24, 2.45) is 0 Å². The van der Waals surface area contributed by atoms with Gasteiger partial charge < -0.3 is 9.72 Å². The Kier molecular flexibility index (Phi) is 5.74. The molecule has 0 amide bonds. The van der Waals surface area contributed by atoms with E-state index in [-0.39, 0.29) is 23.1 Å². The fourth-order valence-corrected chi connectivity index (χ4v) is 4.74. The number of carbonyl (C=O) groups excluding carboxylic acids is 1. The van der Waals surface area contributed by atoms with E-state index >= 15 is 0 Å². The number of rotatable bonds is 7. The summed E-state index contributed by atoms with van der Waals surface area (Å²) in [5.41, 5.74) is 2.99. The van der Waals surface area contributed by atoms with Crippen molar-refractivity contribution in [2.75, 3.05) is 19.5 Å². The van der Waals surface area contributed by atoms with Crippen molar-refractivity contribution in [1.82, 2.24) is 14.5 Å². The summed E-state index contributed by atoms with van der Waals surface area (Å²) in [4.78, 5) is 34.2. The molecule has 0 saturated carbocycles. The van der Waals surface area contributed by atoms with Crippen LogP contribution in [0.25, 0.3) is 21.8 Å². The van der Waals surface area contributed by atoms with Crippen molar-refractivity contribution >= 4 is 39.4 Å². The summed E-state index contributed by atoms with van der Waals surface area (Å²) in [5, 5.41) is 2.00. The molecule has 0 radical (unpaired) electrons. The summed E-state index contributed by atoms with van der Waals surface area (Å²) in [6, 6.07) is 14.8. The topological polar surface area (TPSA) is 77.0 Å². The lowest BCUT2D eigenvalue weighted by molar-refractivity contribution is 0.102. The first-order valence-electron chi connectivity index (χ1n) is 9.74. The Balaban J connectivity index is 1.71. The number of thioether (sulfide) groups is 1. The summed E-state index contributed by atoms with van der Waals surface area (Å²) < 4.78 is 6.89. The summed E-state index contributed by atoms with van der Waals surface area (Å²) in [7, 11) is 1.60. The highest BCUT2D eigenvalue weighted by molar-refractivity contribution is 7.99. The van der Waals surface area contributed by atoms with Gasteiger partial charge in [-0.1, -0.05) is 42.1 Å². The van der Waals surface area contributed by atoms with Gasteiger partial charge in [-0.15, -0.1) is 0 Å². The van der Waals surface area contributed by atoms with E-state index in [0.717, 1.165) is 16.6 Å². The van der Waals surface area contributed by atoms with Crippen molar-refractivity contribution in [3.8, 4) is 0 Å². The summed E-state index contributed by atoms with van der Waals surface area (Å²) >= 11 is 1.29. The van der Waals surface area contributed by atoms with Crippen LogP contribution in [0.2, 0.25) is 0 Å². The number of ether oxygens (including phenoxy) is 1. The first kappa shape index (κ1) is 20.4. The van der Waals surface area contributed by atoms with Crippen LogP contribution in [-0.4, -0.2) is 39.8 Å². The molecule has 0 saturated heterocycles. The minimum Gasteiger partial charge on any atom is -0.383 e. The van der Waals surface area contributed by atoms with Gasteiger partial charge in [-0.3, -0.25) is 14.2 Å². The number of aromatic amines is 1. The van der Waals surface area contributed by atoms with Crippen LogP contribution in [-0.2, 0) is 4.74 Å². The zero-order valence-corrected chi connectivity index (χ0v) is 18.0. The highest BCUT2D eigenvalue weighted by Crippen LogP contribution is 2.26. The van der Waals surface area contributed by atoms with Crippen LogP contribution in [0.3, 0.4) is 0 Å². The average Bonchev–Trinajstić information content (AvgIpc) is 3.08. The van der Waals surface area contributed by atoms with E-state index in [1.807, 2.05) is 56.3 Å². The number of aryl methyl sites for hydroxylation is 1. The van der Waals surface area contributed by atoms with Gasteiger partial charge in [0, 0.05) is 29.3 Å². The molecule has 4 rings (SSSR count). The molecular weight excluding hydrogens is 398 g/mol. The standard InChI is InChI=1S/C23H23N3O3S/c1-14(12-29-3)26-22(28)17-9-5-7-11-19(17)25-23(26)30-13-20(27)21-15(2)24-18-10-6-4-8-16(18)21/h4-11,14,24H,12-13H2,1-3H3. The van der Waals surface area contributed by atoms with Crippen molar-refractivity contribution < 1.29 is 9.53 Å². The van der Waals surface area contributed by atoms with Gasteiger partial charge in [-0.25, -0.2) is 4.98 Å². The highest BCUT2D eigenvalue weighted by Gasteiger charge is 2.20. The van der Waals surface area contributed by atoms with E-state index in [1.165, 1.54) is 11.8 Å². The monoisotopic (exact) mass is 421 g/mol. The molecule has 2 aromatic carbocycles. The fourth-order valence-electron chi connectivity index (χ4n) is 3.77. The molecule has 6 nitrogen and oxygen atoms in total. The van der Waals surface area contributed by atoms with E-state index in [1.54, 1.807) is 17.7 Å². The lowest BCUT2D eigenvalue weighted by Crippen LogP contribution is -2.28. The molecule has 0 spiro atoms. The first-order chi connectivity index (χ1) is 14.5. The average molecular weight is 422 g/mol. The Labute approximate surface area is 178 Å². The van der Waals surface area contributed by atoms with E-state index in [9.17, 15) is 9.59 Å². The second kappa shape index (κ2) is 8.45. The maximum atomic E-state index is 13.1. The molecule has 7 heteroatoms. The van der Waals surface area contributed by atoms with Crippen LogP contribution in [0.4, 0.5) is 0 Å². The first-order valence-corrected chi connectivity index (χ1v) is 10.7. The molecule has 0 aliphatic heterocycles. The molecule has 30 heavy (non-hydrogen) atoms. The molecule has 4 aromatic rings. The molecule has 1 atom stereocenters. The van der Waals surface area contributed by atoms with Crippen LogP contribution in [0.1, 0.15) is 29.0 Å². The van der Waals surface area contributed by atoms with Gasteiger partial charge in [0.05, 0.1) is 29.3 Å². The van der Waals surface area contributed by atoms with E-state index < -0.39 is 0 Å². The second-order valence-corrected chi connectivity index (χ2v) is 8.22. The Morgan fingerprint density at radius 2 is 1.87 bits per heavy atom. The third-order valence-electron chi connectivity index (χ3n) is 5.13. The third-order valence-corrected chi connectivity index (χ3v) is 6.08. The van der Waals surface area contributed by atoms with Crippen LogP contribution < -0.4 is 5.56 Å². The van der Waals surface area contributed by atoms with Crippen molar-refractivity contribution in [3.05, 3.63) is 70.1 Å². The number of hydrogen-bond donors (Lipinski definition) is 1. The quantitative estimate of drug-likeness (QED) is 0.272. The molecule has 154 valence electrons. The number of benzene rings is 2. The molecule has 1 N–H and O–H groups in total. The Morgan fingerprint density at radius 3 is 2.63 bits per heavy atom.